The molecule has 3 amide bonds. The number of anilines is 1. The minimum absolute atomic E-state index is 0.00515. The predicted molar refractivity (Wildman–Crippen MR) is 124 cm³/mol. The van der Waals surface area contributed by atoms with Gasteiger partial charge >= 0.3 is 0 Å². The lowest BCUT2D eigenvalue weighted by Gasteiger charge is -2.27. The minimum atomic E-state index is -3.73. The molecule has 4 rings (SSSR count). The Balaban J connectivity index is 1.44. The van der Waals surface area contributed by atoms with Crippen molar-refractivity contribution in [3.8, 4) is 0 Å². The first-order valence-corrected chi connectivity index (χ1v) is 11.8. The molecule has 8 nitrogen and oxygen atoms in total. The van der Waals surface area contributed by atoms with Gasteiger partial charge in [-0.05, 0) is 36.1 Å². The summed E-state index contributed by atoms with van der Waals surface area (Å²) in [6.45, 7) is 0.0768. The molecule has 1 heterocycles. The van der Waals surface area contributed by atoms with E-state index in [0.29, 0.717) is 16.5 Å². The Morgan fingerprint density at radius 2 is 1.52 bits per heavy atom. The number of para-hydroxylation sites is 1. The average molecular weight is 466 g/mol. The summed E-state index contributed by atoms with van der Waals surface area (Å²) < 4.78 is 26.1. The molecule has 0 unspecified atom stereocenters. The predicted octanol–water partition coefficient (Wildman–Crippen LogP) is 3.11. The quantitative estimate of drug-likeness (QED) is 0.540. The summed E-state index contributed by atoms with van der Waals surface area (Å²) in [5.74, 6) is -1.17. The van der Waals surface area contributed by atoms with Gasteiger partial charge in [0.1, 0.15) is 4.90 Å². The number of carbonyl (C=O) groups is 3. The van der Waals surface area contributed by atoms with Gasteiger partial charge in [0.05, 0.1) is 5.69 Å². The van der Waals surface area contributed by atoms with Crippen LogP contribution in [0.1, 0.15) is 33.6 Å². The highest BCUT2D eigenvalue weighted by molar-refractivity contribution is 7.89. The monoisotopic (exact) mass is 465 g/mol. The van der Waals surface area contributed by atoms with Crippen LogP contribution >= 0.6 is 0 Å². The fourth-order valence-corrected chi connectivity index (χ4v) is 4.93. The Kier molecular flexibility index (Phi) is 6.01. The maximum atomic E-state index is 12.9. The standard InChI is InChI=1S/C24H23N3O5S/c1-26(2)33(31,32)20-13-4-3-12-19(20)25-21(28)14-7-15-27-23(29)17-10-5-8-16-9-6-11-18(22(16)17)24(27)30/h3-6,8-13H,7,14-15H2,1-2H3,(H,25,28). The normalized spacial score (nSPS) is 13.6. The van der Waals surface area contributed by atoms with Crippen LogP contribution < -0.4 is 5.32 Å². The molecule has 3 aromatic carbocycles. The van der Waals surface area contributed by atoms with Crippen molar-refractivity contribution in [2.75, 3.05) is 26.0 Å². The maximum absolute atomic E-state index is 12.9. The first-order valence-electron chi connectivity index (χ1n) is 10.4. The summed E-state index contributed by atoms with van der Waals surface area (Å²) in [6, 6.07) is 16.8. The zero-order chi connectivity index (χ0) is 23.8. The summed E-state index contributed by atoms with van der Waals surface area (Å²) >= 11 is 0. The molecule has 170 valence electrons. The van der Waals surface area contributed by atoms with Crippen LogP contribution in [0, 0.1) is 0 Å². The van der Waals surface area contributed by atoms with Gasteiger partial charge in [0.2, 0.25) is 15.9 Å². The van der Waals surface area contributed by atoms with Crippen LogP contribution in [-0.4, -0.2) is 56.0 Å². The number of nitrogens with one attached hydrogen (secondary N) is 1. The number of nitrogens with zero attached hydrogens (tertiary/aromatic N) is 2. The number of sulfonamides is 1. The molecule has 0 fully saturated rings. The Morgan fingerprint density at radius 3 is 2.12 bits per heavy atom. The van der Waals surface area contributed by atoms with E-state index in [-0.39, 0.29) is 41.8 Å². The third-order valence-electron chi connectivity index (χ3n) is 5.56. The molecule has 1 N–H and O–H groups in total. The summed E-state index contributed by atoms with van der Waals surface area (Å²) in [7, 11) is -0.900. The van der Waals surface area contributed by atoms with Crippen molar-refractivity contribution in [2.45, 2.75) is 17.7 Å². The lowest BCUT2D eigenvalue weighted by Crippen LogP contribution is -2.41. The van der Waals surface area contributed by atoms with Crippen molar-refractivity contribution in [2.24, 2.45) is 0 Å². The summed E-state index contributed by atoms with van der Waals surface area (Å²) in [5, 5.41) is 4.12. The number of hydrogen-bond donors (Lipinski definition) is 1. The molecular formula is C24H23N3O5S. The number of amides is 3. The van der Waals surface area contributed by atoms with Crippen molar-refractivity contribution in [1.29, 1.82) is 0 Å². The molecule has 3 aromatic rings. The van der Waals surface area contributed by atoms with Gasteiger partial charge < -0.3 is 5.32 Å². The molecule has 0 saturated carbocycles. The van der Waals surface area contributed by atoms with Gasteiger partial charge in [-0.3, -0.25) is 19.3 Å². The van der Waals surface area contributed by atoms with E-state index >= 15 is 0 Å². The summed E-state index contributed by atoms with van der Waals surface area (Å²) in [6.07, 6.45) is 0.253. The lowest BCUT2D eigenvalue weighted by molar-refractivity contribution is -0.116. The highest BCUT2D eigenvalue weighted by Gasteiger charge is 2.32. The topological polar surface area (TPSA) is 104 Å². The molecule has 9 heteroatoms. The molecule has 0 bridgehead atoms. The van der Waals surface area contributed by atoms with E-state index < -0.39 is 15.9 Å². The molecule has 0 aliphatic carbocycles. The van der Waals surface area contributed by atoms with Crippen molar-refractivity contribution >= 4 is 44.2 Å². The number of benzene rings is 3. The smallest absolute Gasteiger partial charge is 0.261 e. The van der Waals surface area contributed by atoms with E-state index in [1.54, 1.807) is 36.4 Å². The second kappa shape index (κ2) is 8.76. The van der Waals surface area contributed by atoms with E-state index in [1.807, 2.05) is 12.1 Å². The highest BCUT2D eigenvalue weighted by Crippen LogP contribution is 2.30. The van der Waals surface area contributed by atoms with Crippen LogP contribution in [0.3, 0.4) is 0 Å². The first-order chi connectivity index (χ1) is 15.7. The number of carbonyl (C=O) groups excluding carboxylic acids is 3. The van der Waals surface area contributed by atoms with Crippen LogP contribution in [0.2, 0.25) is 0 Å². The molecule has 0 saturated heterocycles. The number of rotatable bonds is 7. The summed E-state index contributed by atoms with van der Waals surface area (Å²) in [4.78, 5) is 39.5. The molecule has 0 aromatic heterocycles. The largest absolute Gasteiger partial charge is 0.325 e. The zero-order valence-corrected chi connectivity index (χ0v) is 19.1. The Morgan fingerprint density at radius 1 is 0.909 bits per heavy atom. The Bertz CT molecular complexity index is 1330. The van der Waals surface area contributed by atoms with Crippen molar-refractivity contribution < 1.29 is 22.8 Å². The van der Waals surface area contributed by atoms with Crippen LogP contribution in [0.25, 0.3) is 10.8 Å². The lowest BCUT2D eigenvalue weighted by atomic mass is 9.94. The van der Waals surface area contributed by atoms with Crippen molar-refractivity contribution in [3.05, 3.63) is 71.8 Å². The fraction of sp³-hybridized carbons (Fsp3) is 0.208. The molecule has 1 aliphatic heterocycles. The van der Waals surface area contributed by atoms with Crippen molar-refractivity contribution in [3.63, 3.8) is 0 Å². The van der Waals surface area contributed by atoms with Gasteiger partial charge in [-0.2, -0.15) is 0 Å². The van der Waals surface area contributed by atoms with Crippen LogP contribution in [0.4, 0.5) is 5.69 Å². The zero-order valence-electron chi connectivity index (χ0n) is 18.2. The molecule has 0 atom stereocenters. The molecular weight excluding hydrogens is 442 g/mol. The van der Waals surface area contributed by atoms with E-state index in [9.17, 15) is 22.8 Å². The number of hydrogen-bond acceptors (Lipinski definition) is 5. The van der Waals surface area contributed by atoms with Gasteiger partial charge in [0.25, 0.3) is 11.8 Å². The fourth-order valence-electron chi connectivity index (χ4n) is 3.89. The van der Waals surface area contributed by atoms with E-state index in [0.717, 1.165) is 14.6 Å². The van der Waals surface area contributed by atoms with Gasteiger partial charge in [-0.25, -0.2) is 12.7 Å². The molecule has 0 radical (unpaired) electrons. The molecule has 1 aliphatic rings. The highest BCUT2D eigenvalue weighted by atomic mass is 32.2. The van der Waals surface area contributed by atoms with E-state index in [1.165, 1.54) is 26.2 Å². The molecule has 0 spiro atoms. The summed E-state index contributed by atoms with van der Waals surface area (Å²) in [5.41, 5.74) is 1.12. The van der Waals surface area contributed by atoms with E-state index in [4.69, 9.17) is 0 Å². The van der Waals surface area contributed by atoms with Gasteiger partial charge in [0.15, 0.2) is 0 Å². The molecule has 33 heavy (non-hydrogen) atoms. The van der Waals surface area contributed by atoms with Gasteiger partial charge in [-0.1, -0.05) is 36.4 Å². The van der Waals surface area contributed by atoms with Gasteiger partial charge in [0, 0.05) is 43.6 Å². The third kappa shape index (κ3) is 4.12. The maximum Gasteiger partial charge on any atom is 0.261 e. The average Bonchev–Trinajstić information content (AvgIpc) is 2.79. The minimum Gasteiger partial charge on any atom is -0.325 e. The van der Waals surface area contributed by atoms with Crippen LogP contribution in [-0.2, 0) is 14.8 Å². The van der Waals surface area contributed by atoms with Crippen LogP contribution in [0.5, 0.6) is 0 Å². The Hall–Kier alpha value is -3.56. The van der Waals surface area contributed by atoms with E-state index in [2.05, 4.69) is 5.32 Å². The van der Waals surface area contributed by atoms with Crippen LogP contribution in [0.15, 0.2) is 65.6 Å². The second-order valence-corrected chi connectivity index (χ2v) is 10.0. The Labute approximate surface area is 191 Å². The SMILES string of the molecule is CN(C)S(=O)(=O)c1ccccc1NC(=O)CCCN1C(=O)c2cccc3cccc(c23)C1=O. The second-order valence-electron chi connectivity index (χ2n) is 7.91. The van der Waals surface area contributed by atoms with Crippen molar-refractivity contribution in [1.82, 2.24) is 9.21 Å². The number of imide groups is 1. The third-order valence-corrected chi connectivity index (χ3v) is 7.43. The van der Waals surface area contributed by atoms with Gasteiger partial charge in [-0.15, -0.1) is 0 Å². The first kappa shape index (κ1) is 22.6.